The Hall–Kier alpha value is -3.33. The highest BCUT2D eigenvalue weighted by molar-refractivity contribution is 5.82. The second kappa shape index (κ2) is 9.66. The summed E-state index contributed by atoms with van der Waals surface area (Å²) in [6.45, 7) is 6.97. The SMILES string of the molecule is O[n+]1cccc2c(C3CCCCC3)c[nH]c21.[C-]#[N+]c1ccc2c(C3CCCCC3)c[nH]c2n1. The van der Waals surface area contributed by atoms with Gasteiger partial charge in [0.25, 0.3) is 5.82 Å². The first kappa shape index (κ1) is 21.5. The lowest BCUT2D eigenvalue weighted by molar-refractivity contribution is -0.885. The van der Waals surface area contributed by atoms with E-state index in [2.05, 4.69) is 38.3 Å². The Labute approximate surface area is 194 Å². The number of hydrogen-bond acceptors (Lipinski definition) is 2. The average molecular weight is 443 g/mol. The number of H-pyrrole nitrogens is 2. The lowest BCUT2D eigenvalue weighted by Crippen LogP contribution is -2.30. The largest absolute Gasteiger partial charge is 0.361 e. The fourth-order valence-corrected chi connectivity index (χ4v) is 5.68. The van der Waals surface area contributed by atoms with Gasteiger partial charge in [-0.3, -0.25) is 0 Å². The smallest absolute Gasteiger partial charge is 0.326 e. The molecule has 2 saturated carbocycles. The second-order valence-electron chi connectivity index (χ2n) is 9.45. The standard InChI is InChI=1S/C14H15N3.C13H16N2O/c1-15-13-8-7-11-12(9-16-14(11)17-13)10-5-3-2-4-6-10;16-15-8-4-7-11-12(9-14-13(11)15)10-5-2-1-3-6-10/h7-10H,2-6H2,(H,16,17);4,7-10,16H,1-3,5-6H2/p+1. The molecule has 6 rings (SSSR count). The van der Waals surface area contributed by atoms with Gasteiger partial charge >= 0.3 is 5.65 Å². The van der Waals surface area contributed by atoms with E-state index < -0.39 is 0 Å². The van der Waals surface area contributed by atoms with Crippen molar-refractivity contribution in [1.82, 2.24) is 15.0 Å². The number of rotatable bonds is 2. The first-order valence-electron chi connectivity index (χ1n) is 12.3. The van der Waals surface area contributed by atoms with Crippen molar-refractivity contribution in [2.24, 2.45) is 0 Å². The van der Waals surface area contributed by atoms with Crippen LogP contribution in [0.2, 0.25) is 0 Å². The molecular formula is C27H32N5O+. The van der Waals surface area contributed by atoms with E-state index in [0.29, 0.717) is 17.7 Å². The van der Waals surface area contributed by atoms with Crippen molar-refractivity contribution in [3.8, 4) is 0 Å². The predicted octanol–water partition coefficient (Wildman–Crippen LogP) is 6.90. The Morgan fingerprint density at radius 3 is 2.15 bits per heavy atom. The van der Waals surface area contributed by atoms with Crippen LogP contribution in [-0.4, -0.2) is 20.2 Å². The molecule has 0 amide bonds. The van der Waals surface area contributed by atoms with Crippen molar-refractivity contribution in [1.29, 1.82) is 0 Å². The van der Waals surface area contributed by atoms with E-state index in [4.69, 9.17) is 6.57 Å². The Bertz CT molecular complexity index is 1270. The molecule has 2 aliphatic rings. The van der Waals surface area contributed by atoms with Gasteiger partial charge in [-0.15, -0.1) is 4.98 Å². The quantitative estimate of drug-likeness (QED) is 0.179. The Balaban J connectivity index is 0.000000139. The van der Waals surface area contributed by atoms with E-state index >= 15 is 0 Å². The van der Waals surface area contributed by atoms with Gasteiger partial charge in [-0.2, -0.15) is 0 Å². The number of nitrogens with zero attached hydrogens (tertiary/aromatic N) is 3. The Morgan fingerprint density at radius 2 is 1.48 bits per heavy atom. The van der Waals surface area contributed by atoms with Gasteiger partial charge in [0.15, 0.2) is 0 Å². The van der Waals surface area contributed by atoms with Crippen molar-refractivity contribution >= 4 is 27.9 Å². The lowest BCUT2D eigenvalue weighted by atomic mass is 9.84. The number of aromatic nitrogens is 4. The minimum absolute atomic E-state index is 0.467. The van der Waals surface area contributed by atoms with Gasteiger partial charge < -0.3 is 15.0 Å². The van der Waals surface area contributed by atoms with Crippen molar-refractivity contribution in [2.75, 3.05) is 0 Å². The fraction of sp³-hybridized carbons (Fsp3) is 0.444. The lowest BCUT2D eigenvalue weighted by Gasteiger charge is -2.20. The molecule has 33 heavy (non-hydrogen) atoms. The molecule has 0 atom stereocenters. The molecule has 6 heteroatoms. The molecule has 4 aromatic rings. The van der Waals surface area contributed by atoms with E-state index in [1.54, 1.807) is 6.20 Å². The minimum Gasteiger partial charge on any atom is -0.361 e. The monoisotopic (exact) mass is 442 g/mol. The molecule has 4 heterocycles. The van der Waals surface area contributed by atoms with E-state index in [1.165, 1.54) is 85.5 Å². The van der Waals surface area contributed by atoms with Crippen LogP contribution in [0.3, 0.4) is 0 Å². The molecule has 4 aromatic heterocycles. The van der Waals surface area contributed by atoms with Crippen LogP contribution >= 0.6 is 0 Å². The van der Waals surface area contributed by atoms with Crippen LogP contribution in [0.5, 0.6) is 0 Å². The number of aromatic amines is 2. The summed E-state index contributed by atoms with van der Waals surface area (Å²) >= 11 is 0. The molecule has 2 aliphatic carbocycles. The van der Waals surface area contributed by atoms with Gasteiger partial charge in [-0.25, -0.2) is 4.98 Å². The minimum atomic E-state index is 0.467. The van der Waals surface area contributed by atoms with Crippen molar-refractivity contribution < 1.29 is 9.94 Å². The highest BCUT2D eigenvalue weighted by Gasteiger charge is 2.22. The third-order valence-corrected chi connectivity index (χ3v) is 7.41. The summed E-state index contributed by atoms with van der Waals surface area (Å²) in [5.41, 5.74) is 4.43. The zero-order chi connectivity index (χ0) is 22.6. The maximum absolute atomic E-state index is 9.67. The molecule has 3 N–H and O–H groups in total. The Morgan fingerprint density at radius 1 is 0.848 bits per heavy atom. The van der Waals surface area contributed by atoms with E-state index in [-0.39, 0.29) is 0 Å². The summed E-state index contributed by atoms with van der Waals surface area (Å²) in [5.74, 6) is 1.82. The predicted molar refractivity (Wildman–Crippen MR) is 130 cm³/mol. The van der Waals surface area contributed by atoms with Crippen LogP contribution in [0.15, 0.2) is 42.9 Å². The molecule has 0 bridgehead atoms. The van der Waals surface area contributed by atoms with Crippen LogP contribution in [0, 0.1) is 6.57 Å². The summed E-state index contributed by atoms with van der Waals surface area (Å²) < 4.78 is 1.17. The molecule has 6 nitrogen and oxygen atoms in total. The number of fused-ring (bicyclic) bond motifs is 2. The molecule has 0 aromatic carbocycles. The molecule has 0 radical (unpaired) electrons. The van der Waals surface area contributed by atoms with Gasteiger partial charge in [-0.1, -0.05) is 55.9 Å². The summed E-state index contributed by atoms with van der Waals surface area (Å²) in [5, 5.41) is 12.0. The van der Waals surface area contributed by atoms with Crippen LogP contribution in [0.4, 0.5) is 5.82 Å². The first-order valence-corrected chi connectivity index (χ1v) is 12.3. The van der Waals surface area contributed by atoms with Crippen LogP contribution < -0.4 is 4.73 Å². The van der Waals surface area contributed by atoms with Gasteiger partial charge in [0.1, 0.15) is 6.20 Å². The number of pyridine rings is 2. The highest BCUT2D eigenvalue weighted by atomic mass is 16.5. The normalized spacial score (nSPS) is 17.5. The first-order chi connectivity index (χ1) is 16.2. The van der Waals surface area contributed by atoms with Crippen molar-refractivity contribution in [3.05, 3.63) is 65.4 Å². The van der Waals surface area contributed by atoms with Gasteiger partial charge in [0.05, 0.1) is 11.6 Å². The second-order valence-corrected chi connectivity index (χ2v) is 9.45. The summed E-state index contributed by atoms with van der Waals surface area (Å²) in [6, 6.07) is 7.83. The molecular weight excluding hydrogens is 410 g/mol. The average Bonchev–Trinajstić information content (AvgIpc) is 3.50. The van der Waals surface area contributed by atoms with Crippen LogP contribution in [0.25, 0.3) is 26.9 Å². The zero-order valence-electron chi connectivity index (χ0n) is 19.1. The summed E-state index contributed by atoms with van der Waals surface area (Å²) in [4.78, 5) is 14.0. The maximum atomic E-state index is 9.67. The number of nitrogens with one attached hydrogen (secondary N) is 2. The molecule has 2 fully saturated rings. The van der Waals surface area contributed by atoms with Crippen molar-refractivity contribution in [3.63, 3.8) is 0 Å². The molecule has 0 saturated heterocycles. The van der Waals surface area contributed by atoms with Crippen molar-refractivity contribution in [2.45, 2.75) is 76.0 Å². The molecule has 0 unspecified atom stereocenters. The number of hydrogen-bond donors (Lipinski definition) is 3. The summed E-state index contributed by atoms with van der Waals surface area (Å²) in [7, 11) is 0. The van der Waals surface area contributed by atoms with Gasteiger partial charge in [0.2, 0.25) is 5.65 Å². The van der Waals surface area contributed by atoms with Gasteiger partial charge in [0, 0.05) is 17.1 Å². The van der Waals surface area contributed by atoms with Crippen LogP contribution in [-0.2, 0) is 0 Å². The third-order valence-electron chi connectivity index (χ3n) is 7.41. The maximum Gasteiger partial charge on any atom is 0.326 e. The fourth-order valence-electron chi connectivity index (χ4n) is 5.68. The highest BCUT2D eigenvalue weighted by Crippen LogP contribution is 2.37. The summed E-state index contributed by atoms with van der Waals surface area (Å²) in [6.07, 6.45) is 19.0. The van der Waals surface area contributed by atoms with E-state index in [1.807, 2.05) is 18.2 Å². The Kier molecular flexibility index (Phi) is 6.30. The third kappa shape index (κ3) is 4.45. The van der Waals surface area contributed by atoms with Crippen LogP contribution in [0.1, 0.15) is 87.2 Å². The topological polar surface area (TPSA) is 72.9 Å². The molecule has 0 aliphatic heterocycles. The van der Waals surface area contributed by atoms with E-state index in [9.17, 15) is 5.21 Å². The molecule has 0 spiro atoms. The molecule has 170 valence electrons. The van der Waals surface area contributed by atoms with Gasteiger partial charge in [-0.05, 0) is 61.3 Å². The zero-order valence-corrected chi connectivity index (χ0v) is 19.1. The van der Waals surface area contributed by atoms with E-state index in [0.717, 1.165) is 16.7 Å².